The number of hydrogen-bond donors (Lipinski definition) is 1. The number of aromatic nitrogens is 2. The lowest BCUT2D eigenvalue weighted by Gasteiger charge is -2.22. The van der Waals surface area contributed by atoms with Crippen LogP contribution in [0.5, 0.6) is 5.75 Å². The highest BCUT2D eigenvalue weighted by Crippen LogP contribution is 2.26. The molecule has 9 heteroatoms. The molecule has 0 bridgehead atoms. The van der Waals surface area contributed by atoms with E-state index in [1.807, 2.05) is 72.9 Å². The first-order chi connectivity index (χ1) is 18.0. The number of benzene rings is 3. The Morgan fingerprint density at radius 2 is 1.68 bits per heavy atom. The predicted octanol–water partition coefficient (Wildman–Crippen LogP) is 4.82. The van der Waals surface area contributed by atoms with Crippen molar-refractivity contribution in [1.29, 1.82) is 0 Å². The van der Waals surface area contributed by atoms with Gasteiger partial charge in [0.05, 0.1) is 12.8 Å². The second kappa shape index (κ2) is 12.2. The van der Waals surface area contributed by atoms with Crippen LogP contribution in [-0.4, -0.2) is 53.6 Å². The summed E-state index contributed by atoms with van der Waals surface area (Å²) in [6, 6.07) is 24.2. The molecule has 8 nitrogen and oxygen atoms in total. The van der Waals surface area contributed by atoms with Crippen molar-refractivity contribution in [2.45, 2.75) is 6.54 Å². The summed E-state index contributed by atoms with van der Waals surface area (Å²) in [6.45, 7) is -0.0104. The SMILES string of the molecule is COCC(=O)N(CC(=O)Nc1nc(-c2ccc(Cl)cc2)cn1-c1ccc(OC)cc1)Cc1ccccc1. The Kier molecular flexibility index (Phi) is 8.56. The van der Waals surface area contributed by atoms with Gasteiger partial charge in [0.1, 0.15) is 18.9 Å². The highest BCUT2D eigenvalue weighted by atomic mass is 35.5. The smallest absolute Gasteiger partial charge is 0.249 e. The van der Waals surface area contributed by atoms with Crippen LogP contribution in [0.4, 0.5) is 5.95 Å². The number of nitrogens with zero attached hydrogens (tertiary/aromatic N) is 3. The number of carbonyl (C=O) groups is 2. The summed E-state index contributed by atoms with van der Waals surface area (Å²) in [5, 5.41) is 3.49. The summed E-state index contributed by atoms with van der Waals surface area (Å²) in [5.41, 5.74) is 3.18. The van der Waals surface area contributed by atoms with Crippen molar-refractivity contribution in [3.63, 3.8) is 0 Å². The lowest BCUT2D eigenvalue weighted by Crippen LogP contribution is -2.39. The van der Waals surface area contributed by atoms with Gasteiger partial charge < -0.3 is 14.4 Å². The van der Waals surface area contributed by atoms with Crippen molar-refractivity contribution < 1.29 is 19.1 Å². The number of imidazole rings is 1. The maximum Gasteiger partial charge on any atom is 0.249 e. The van der Waals surface area contributed by atoms with Gasteiger partial charge in [-0.25, -0.2) is 4.98 Å². The molecule has 2 amide bonds. The van der Waals surface area contributed by atoms with E-state index in [9.17, 15) is 9.59 Å². The monoisotopic (exact) mass is 518 g/mol. The highest BCUT2D eigenvalue weighted by molar-refractivity contribution is 6.30. The molecule has 1 aromatic heterocycles. The van der Waals surface area contributed by atoms with Gasteiger partial charge in [0.15, 0.2) is 0 Å². The molecule has 37 heavy (non-hydrogen) atoms. The summed E-state index contributed by atoms with van der Waals surface area (Å²) in [6.07, 6.45) is 1.83. The van der Waals surface area contributed by atoms with E-state index in [1.54, 1.807) is 23.8 Å². The van der Waals surface area contributed by atoms with E-state index in [2.05, 4.69) is 10.3 Å². The molecule has 0 aliphatic carbocycles. The first kappa shape index (κ1) is 25.9. The fourth-order valence-electron chi connectivity index (χ4n) is 3.76. The van der Waals surface area contributed by atoms with Crippen LogP contribution in [0.15, 0.2) is 85.1 Å². The van der Waals surface area contributed by atoms with Crippen LogP contribution in [-0.2, 0) is 20.9 Å². The molecule has 4 rings (SSSR count). The molecule has 0 spiro atoms. The van der Waals surface area contributed by atoms with E-state index in [1.165, 1.54) is 12.0 Å². The summed E-state index contributed by atoms with van der Waals surface area (Å²) in [4.78, 5) is 32.0. The van der Waals surface area contributed by atoms with Gasteiger partial charge in [-0.15, -0.1) is 0 Å². The second-order valence-corrected chi connectivity index (χ2v) is 8.68. The molecule has 0 saturated carbocycles. The molecule has 0 unspecified atom stereocenters. The first-order valence-electron chi connectivity index (χ1n) is 11.6. The largest absolute Gasteiger partial charge is 0.497 e. The van der Waals surface area contributed by atoms with Crippen LogP contribution in [0.3, 0.4) is 0 Å². The van der Waals surface area contributed by atoms with E-state index in [0.717, 1.165) is 16.8 Å². The maximum absolute atomic E-state index is 13.2. The predicted molar refractivity (Wildman–Crippen MR) is 143 cm³/mol. The third-order valence-corrected chi connectivity index (χ3v) is 5.87. The third-order valence-electron chi connectivity index (χ3n) is 5.62. The Morgan fingerprint density at radius 1 is 0.973 bits per heavy atom. The van der Waals surface area contributed by atoms with E-state index in [-0.39, 0.29) is 31.5 Å². The number of anilines is 1. The first-order valence-corrected chi connectivity index (χ1v) is 11.9. The lowest BCUT2D eigenvalue weighted by atomic mass is 10.2. The van der Waals surface area contributed by atoms with E-state index >= 15 is 0 Å². The zero-order chi connectivity index (χ0) is 26.2. The van der Waals surface area contributed by atoms with E-state index < -0.39 is 0 Å². The van der Waals surface area contributed by atoms with Crippen LogP contribution in [0.2, 0.25) is 5.02 Å². The van der Waals surface area contributed by atoms with Gasteiger partial charge in [0.2, 0.25) is 17.8 Å². The minimum Gasteiger partial charge on any atom is -0.497 e. The van der Waals surface area contributed by atoms with Gasteiger partial charge >= 0.3 is 0 Å². The second-order valence-electron chi connectivity index (χ2n) is 8.24. The van der Waals surface area contributed by atoms with Gasteiger partial charge in [0.25, 0.3) is 0 Å². The molecule has 1 N–H and O–H groups in total. The zero-order valence-electron chi connectivity index (χ0n) is 20.6. The Labute approximate surface area is 220 Å². The fraction of sp³-hybridized carbons (Fsp3) is 0.179. The summed E-state index contributed by atoms with van der Waals surface area (Å²) < 4.78 is 12.1. The van der Waals surface area contributed by atoms with Crippen molar-refractivity contribution >= 4 is 29.4 Å². The molecule has 0 aliphatic rings. The van der Waals surface area contributed by atoms with Gasteiger partial charge in [-0.05, 0) is 42.0 Å². The molecule has 4 aromatic rings. The molecule has 0 atom stereocenters. The van der Waals surface area contributed by atoms with Crippen LogP contribution < -0.4 is 10.1 Å². The number of ether oxygens (including phenoxy) is 2. The van der Waals surface area contributed by atoms with Crippen LogP contribution in [0.1, 0.15) is 5.56 Å². The number of nitrogens with one attached hydrogen (secondary N) is 1. The van der Waals surface area contributed by atoms with Crippen LogP contribution in [0, 0.1) is 0 Å². The van der Waals surface area contributed by atoms with Gasteiger partial charge in [-0.2, -0.15) is 0 Å². The van der Waals surface area contributed by atoms with E-state index in [0.29, 0.717) is 22.4 Å². The van der Waals surface area contributed by atoms with Crippen LogP contribution in [0.25, 0.3) is 16.9 Å². The summed E-state index contributed by atoms with van der Waals surface area (Å²) >= 11 is 6.05. The molecule has 1 heterocycles. The van der Waals surface area contributed by atoms with Crippen molar-refractivity contribution in [3.05, 3.63) is 95.6 Å². The Bertz CT molecular complexity index is 1340. The highest BCUT2D eigenvalue weighted by Gasteiger charge is 2.20. The average Bonchev–Trinajstić information content (AvgIpc) is 3.33. The number of hydrogen-bond acceptors (Lipinski definition) is 5. The molecular formula is C28H27ClN4O4. The topological polar surface area (TPSA) is 85.7 Å². The number of halogens is 1. The normalized spacial score (nSPS) is 10.7. The quantitative estimate of drug-likeness (QED) is 0.325. The van der Waals surface area contributed by atoms with Crippen molar-refractivity contribution in [1.82, 2.24) is 14.5 Å². The van der Waals surface area contributed by atoms with Gasteiger partial charge in [-0.3, -0.25) is 19.5 Å². The molecule has 0 saturated heterocycles. The van der Waals surface area contributed by atoms with Crippen molar-refractivity contribution in [3.8, 4) is 22.7 Å². The maximum atomic E-state index is 13.2. The molecule has 190 valence electrons. The van der Waals surface area contributed by atoms with E-state index in [4.69, 9.17) is 21.1 Å². The average molecular weight is 519 g/mol. The zero-order valence-corrected chi connectivity index (χ0v) is 21.3. The van der Waals surface area contributed by atoms with Gasteiger partial charge in [-0.1, -0.05) is 54.1 Å². The molecule has 3 aromatic carbocycles. The summed E-state index contributed by atoms with van der Waals surface area (Å²) in [5.74, 6) is 0.352. The summed E-state index contributed by atoms with van der Waals surface area (Å²) in [7, 11) is 3.05. The minimum atomic E-state index is -0.386. The fourth-order valence-corrected chi connectivity index (χ4v) is 3.88. The standard InChI is InChI=1S/C28H27ClN4O4/c1-36-19-27(35)32(16-20-6-4-3-5-7-20)18-26(34)31-28-30-25(21-8-10-22(29)11-9-21)17-33(28)23-12-14-24(37-2)15-13-23/h3-15,17H,16,18-19H2,1-2H3,(H,30,31,34). The number of rotatable bonds is 10. The number of carbonyl (C=O) groups excluding carboxylic acids is 2. The van der Waals surface area contributed by atoms with Crippen molar-refractivity contribution in [2.24, 2.45) is 0 Å². The minimum absolute atomic E-state index is 0.124. The van der Waals surface area contributed by atoms with Crippen molar-refractivity contribution in [2.75, 3.05) is 32.7 Å². The Hall–Kier alpha value is -4.14. The molecule has 0 aliphatic heterocycles. The third kappa shape index (κ3) is 6.75. The number of amides is 2. The Balaban J connectivity index is 1.61. The molecular weight excluding hydrogens is 492 g/mol. The molecule has 0 fully saturated rings. The number of methoxy groups -OCH3 is 2. The lowest BCUT2D eigenvalue weighted by molar-refractivity contribution is -0.138. The van der Waals surface area contributed by atoms with Gasteiger partial charge in [0, 0.05) is 36.1 Å². The van der Waals surface area contributed by atoms with Crippen LogP contribution >= 0.6 is 11.6 Å². The molecule has 0 radical (unpaired) electrons. The Morgan fingerprint density at radius 3 is 2.32 bits per heavy atom.